The lowest BCUT2D eigenvalue weighted by atomic mass is 10.1. The number of hydrogen-bond acceptors (Lipinski definition) is 5. The minimum absolute atomic E-state index is 0.0410. The maximum atomic E-state index is 13.1. The van der Waals surface area contributed by atoms with Crippen LogP contribution in [0, 0.1) is 5.82 Å². The lowest BCUT2D eigenvalue weighted by Gasteiger charge is -2.35. The molecule has 1 atom stereocenters. The number of aromatic nitrogens is 1. The quantitative estimate of drug-likeness (QED) is 0.587. The second kappa shape index (κ2) is 8.57. The third kappa shape index (κ3) is 4.44. The van der Waals surface area contributed by atoms with Gasteiger partial charge in [0.2, 0.25) is 0 Å². The van der Waals surface area contributed by atoms with Crippen molar-refractivity contribution < 1.29 is 13.9 Å². The Hall–Kier alpha value is -2.48. The average molecular weight is 458 g/mol. The highest BCUT2D eigenvalue weighted by atomic mass is 35.5. The number of halogens is 2. The SMILES string of the molecule is O=C(C1Cc2cc(Cl)ccc2O1)N1CCN(Cc2csc(-c3ccc(F)cc3)n2)CC1. The Labute approximate surface area is 189 Å². The summed E-state index contributed by atoms with van der Waals surface area (Å²) in [6.45, 7) is 3.67. The number of nitrogens with zero attached hydrogens (tertiary/aromatic N) is 3. The highest BCUT2D eigenvalue weighted by Gasteiger charge is 2.34. The number of benzene rings is 2. The normalized spacial score (nSPS) is 18.6. The van der Waals surface area contributed by atoms with E-state index in [-0.39, 0.29) is 11.7 Å². The average Bonchev–Trinajstić information content (AvgIpc) is 3.41. The van der Waals surface area contributed by atoms with Gasteiger partial charge in [0, 0.05) is 55.1 Å². The molecule has 0 bridgehead atoms. The zero-order valence-electron chi connectivity index (χ0n) is 16.8. The summed E-state index contributed by atoms with van der Waals surface area (Å²) in [6, 6.07) is 11.9. The molecule has 8 heteroatoms. The third-order valence-electron chi connectivity index (χ3n) is 5.68. The Bertz CT molecular complexity index is 1100. The van der Waals surface area contributed by atoms with Crippen LogP contribution in [0.2, 0.25) is 5.02 Å². The van der Waals surface area contributed by atoms with Gasteiger partial charge < -0.3 is 9.64 Å². The first-order chi connectivity index (χ1) is 15.0. The molecule has 2 aromatic carbocycles. The summed E-state index contributed by atoms with van der Waals surface area (Å²) in [6.07, 6.45) is 0.108. The number of hydrogen-bond donors (Lipinski definition) is 0. The monoisotopic (exact) mass is 457 g/mol. The molecule has 0 spiro atoms. The molecule has 160 valence electrons. The van der Waals surface area contributed by atoms with E-state index >= 15 is 0 Å². The molecule has 2 aliphatic heterocycles. The molecule has 0 aliphatic carbocycles. The first-order valence-corrected chi connectivity index (χ1v) is 11.5. The van der Waals surface area contributed by atoms with E-state index in [0.29, 0.717) is 24.5 Å². The van der Waals surface area contributed by atoms with Crippen molar-refractivity contribution >= 4 is 28.8 Å². The van der Waals surface area contributed by atoms with E-state index in [4.69, 9.17) is 21.3 Å². The Morgan fingerprint density at radius 1 is 1.16 bits per heavy atom. The van der Waals surface area contributed by atoms with E-state index in [1.54, 1.807) is 29.5 Å². The molecule has 3 heterocycles. The van der Waals surface area contributed by atoms with Gasteiger partial charge >= 0.3 is 0 Å². The molecule has 1 aromatic heterocycles. The molecule has 1 amide bonds. The summed E-state index contributed by atoms with van der Waals surface area (Å²) in [5, 5.41) is 3.60. The molecule has 2 aliphatic rings. The maximum absolute atomic E-state index is 13.1. The topological polar surface area (TPSA) is 45.7 Å². The molecule has 0 N–H and O–H groups in total. The fourth-order valence-electron chi connectivity index (χ4n) is 4.02. The van der Waals surface area contributed by atoms with Crippen LogP contribution in [0.1, 0.15) is 11.3 Å². The summed E-state index contributed by atoms with van der Waals surface area (Å²) in [4.78, 5) is 21.8. The zero-order valence-corrected chi connectivity index (χ0v) is 18.3. The number of fused-ring (bicyclic) bond motifs is 1. The number of piperazine rings is 1. The van der Waals surface area contributed by atoms with Gasteiger partial charge in [-0.3, -0.25) is 9.69 Å². The van der Waals surface area contributed by atoms with Crippen molar-refractivity contribution in [2.45, 2.75) is 19.1 Å². The smallest absolute Gasteiger partial charge is 0.264 e. The van der Waals surface area contributed by atoms with Crippen LogP contribution in [0.15, 0.2) is 47.8 Å². The van der Waals surface area contributed by atoms with Crippen LogP contribution in [0.5, 0.6) is 5.75 Å². The zero-order chi connectivity index (χ0) is 21.4. The van der Waals surface area contributed by atoms with Crippen molar-refractivity contribution in [3.63, 3.8) is 0 Å². The number of carbonyl (C=O) groups excluding carboxylic acids is 1. The molecule has 1 saturated heterocycles. The predicted molar refractivity (Wildman–Crippen MR) is 119 cm³/mol. The molecule has 0 saturated carbocycles. The van der Waals surface area contributed by atoms with Crippen LogP contribution in [-0.2, 0) is 17.8 Å². The maximum Gasteiger partial charge on any atom is 0.264 e. The first-order valence-electron chi connectivity index (χ1n) is 10.2. The van der Waals surface area contributed by atoms with Gasteiger partial charge in [-0.05, 0) is 48.0 Å². The lowest BCUT2D eigenvalue weighted by molar-refractivity contribution is -0.139. The van der Waals surface area contributed by atoms with E-state index < -0.39 is 6.10 Å². The number of thiazole rings is 1. The first kappa shape index (κ1) is 20.4. The van der Waals surface area contributed by atoms with E-state index in [2.05, 4.69) is 4.90 Å². The molecule has 5 nitrogen and oxygen atoms in total. The molecule has 0 radical (unpaired) electrons. The largest absolute Gasteiger partial charge is 0.480 e. The number of rotatable bonds is 4. The van der Waals surface area contributed by atoms with Gasteiger partial charge in [-0.2, -0.15) is 0 Å². The second-order valence-electron chi connectivity index (χ2n) is 7.81. The number of amides is 1. The Morgan fingerprint density at radius 3 is 2.71 bits per heavy atom. The summed E-state index contributed by atoms with van der Waals surface area (Å²) in [5.41, 5.74) is 2.91. The van der Waals surface area contributed by atoms with Gasteiger partial charge in [-0.1, -0.05) is 11.6 Å². The Balaban J connectivity index is 1.14. The summed E-state index contributed by atoms with van der Waals surface area (Å²) < 4.78 is 19.0. The van der Waals surface area contributed by atoms with Crippen molar-refractivity contribution in [3.8, 4) is 16.3 Å². The minimum Gasteiger partial charge on any atom is -0.480 e. The fourth-order valence-corrected chi connectivity index (χ4v) is 5.03. The van der Waals surface area contributed by atoms with Gasteiger partial charge in [0.15, 0.2) is 6.10 Å². The molecule has 5 rings (SSSR count). The van der Waals surface area contributed by atoms with Crippen LogP contribution in [0.3, 0.4) is 0 Å². The minimum atomic E-state index is -0.461. The Kier molecular flexibility index (Phi) is 5.65. The summed E-state index contributed by atoms with van der Waals surface area (Å²) in [7, 11) is 0. The third-order valence-corrected chi connectivity index (χ3v) is 6.86. The number of carbonyl (C=O) groups is 1. The standard InChI is InChI=1S/C23H21ClFN3O2S/c24-17-3-6-20-16(11-17)12-21(30-20)23(29)28-9-7-27(8-10-28)13-19-14-31-22(26-19)15-1-4-18(25)5-2-15/h1-6,11,14,21H,7-10,12-13H2. The molecule has 1 fully saturated rings. The van der Waals surface area contributed by atoms with Crippen LogP contribution in [0.25, 0.3) is 10.6 Å². The van der Waals surface area contributed by atoms with Crippen molar-refractivity contribution in [1.82, 2.24) is 14.8 Å². The molecule has 3 aromatic rings. The lowest BCUT2D eigenvalue weighted by Crippen LogP contribution is -2.51. The molecule has 31 heavy (non-hydrogen) atoms. The van der Waals surface area contributed by atoms with Crippen LogP contribution in [-0.4, -0.2) is 53.0 Å². The van der Waals surface area contributed by atoms with E-state index in [1.165, 1.54) is 12.1 Å². The van der Waals surface area contributed by atoms with Gasteiger partial charge in [0.1, 0.15) is 16.6 Å². The van der Waals surface area contributed by atoms with Crippen LogP contribution >= 0.6 is 22.9 Å². The van der Waals surface area contributed by atoms with E-state index in [1.807, 2.05) is 22.4 Å². The number of ether oxygens (including phenoxy) is 1. The fraction of sp³-hybridized carbons (Fsp3) is 0.304. The summed E-state index contributed by atoms with van der Waals surface area (Å²) >= 11 is 7.61. The molecule has 1 unspecified atom stereocenters. The predicted octanol–water partition coefficient (Wildman–Crippen LogP) is 4.25. The highest BCUT2D eigenvalue weighted by molar-refractivity contribution is 7.13. The Morgan fingerprint density at radius 2 is 1.94 bits per heavy atom. The molecular weight excluding hydrogens is 437 g/mol. The van der Waals surface area contributed by atoms with Crippen LogP contribution in [0.4, 0.5) is 4.39 Å². The van der Waals surface area contributed by atoms with Crippen molar-refractivity contribution in [2.24, 2.45) is 0 Å². The summed E-state index contributed by atoms with van der Waals surface area (Å²) in [5.74, 6) is 0.546. The van der Waals surface area contributed by atoms with Gasteiger partial charge in [-0.15, -0.1) is 11.3 Å². The highest BCUT2D eigenvalue weighted by Crippen LogP contribution is 2.32. The molecular formula is C23H21ClFN3O2S. The van der Waals surface area contributed by atoms with Gasteiger partial charge in [0.25, 0.3) is 5.91 Å². The van der Waals surface area contributed by atoms with Crippen molar-refractivity contribution in [3.05, 3.63) is 69.9 Å². The van der Waals surface area contributed by atoms with Crippen LogP contribution < -0.4 is 4.74 Å². The van der Waals surface area contributed by atoms with Crippen molar-refractivity contribution in [1.29, 1.82) is 0 Å². The van der Waals surface area contributed by atoms with Crippen molar-refractivity contribution in [2.75, 3.05) is 26.2 Å². The van der Waals surface area contributed by atoms with E-state index in [0.717, 1.165) is 47.2 Å². The van der Waals surface area contributed by atoms with Gasteiger partial charge in [0.05, 0.1) is 5.69 Å². The van der Waals surface area contributed by atoms with E-state index in [9.17, 15) is 9.18 Å². The van der Waals surface area contributed by atoms with Gasteiger partial charge in [-0.25, -0.2) is 9.37 Å². The second-order valence-corrected chi connectivity index (χ2v) is 9.11.